The highest BCUT2D eigenvalue weighted by atomic mass is 32.2. The molecule has 1 saturated heterocycles. The number of pyridine rings is 1. The van der Waals surface area contributed by atoms with Crippen LogP contribution in [-0.4, -0.2) is 65.5 Å². The third kappa shape index (κ3) is 4.45. The summed E-state index contributed by atoms with van der Waals surface area (Å²) in [6, 6.07) is 7.33. The second-order valence-corrected chi connectivity index (χ2v) is 9.66. The number of aliphatic hydroxyl groups excluding tert-OH is 1. The number of ether oxygens (including phenoxy) is 1. The van der Waals surface area contributed by atoms with Gasteiger partial charge in [0.15, 0.2) is 15.7 Å². The Kier molecular flexibility index (Phi) is 5.72. The number of sulfone groups is 1. The molecule has 0 aromatic carbocycles. The Hall–Kier alpha value is -2.56. The molecule has 0 bridgehead atoms. The second kappa shape index (κ2) is 8.29. The molecule has 1 atom stereocenters. The Morgan fingerprint density at radius 2 is 2.10 bits per heavy atom. The summed E-state index contributed by atoms with van der Waals surface area (Å²) < 4.78 is 29.5. The fraction of sp³-hybridized carbons (Fsp3) is 0.450. The van der Waals surface area contributed by atoms with E-state index in [4.69, 9.17) is 9.72 Å². The molecule has 1 fully saturated rings. The van der Waals surface area contributed by atoms with Crippen LogP contribution < -0.4 is 4.90 Å². The average Bonchev–Trinajstić information content (AvgIpc) is 3.14. The number of anilines is 1. The number of aliphatic hydroxyl groups is 1. The number of nitrogens with one attached hydrogen (secondary N) is 1. The van der Waals surface area contributed by atoms with Crippen molar-refractivity contribution in [2.24, 2.45) is 0 Å². The minimum Gasteiger partial charge on any atom is -0.390 e. The van der Waals surface area contributed by atoms with Crippen LogP contribution in [0.5, 0.6) is 0 Å². The van der Waals surface area contributed by atoms with Gasteiger partial charge in [0.25, 0.3) is 0 Å². The number of aromatic amines is 1. The van der Waals surface area contributed by atoms with Gasteiger partial charge in [-0.25, -0.2) is 23.4 Å². The minimum atomic E-state index is -3.26. The van der Waals surface area contributed by atoms with E-state index in [1.54, 1.807) is 18.2 Å². The summed E-state index contributed by atoms with van der Waals surface area (Å²) in [6.07, 6.45) is 2.08. The van der Waals surface area contributed by atoms with Gasteiger partial charge < -0.3 is 19.7 Å². The molecule has 30 heavy (non-hydrogen) atoms. The SMILES string of the molecule is CC[C@H]1COCCN1c1cc(CS(C)(=O)=O)nc(-c2ccc3[nH]c(CO)cc3n2)n1. The zero-order valence-electron chi connectivity index (χ0n) is 17.0. The molecule has 160 valence electrons. The Labute approximate surface area is 175 Å². The van der Waals surface area contributed by atoms with Gasteiger partial charge in [-0.05, 0) is 24.6 Å². The van der Waals surface area contributed by atoms with Gasteiger partial charge in [-0.3, -0.25) is 0 Å². The molecule has 0 saturated carbocycles. The lowest BCUT2D eigenvalue weighted by Gasteiger charge is -2.36. The van der Waals surface area contributed by atoms with Crippen LogP contribution in [0.4, 0.5) is 5.82 Å². The van der Waals surface area contributed by atoms with Crippen molar-refractivity contribution in [3.8, 4) is 11.5 Å². The summed E-state index contributed by atoms with van der Waals surface area (Å²) in [4.78, 5) is 19.1. The van der Waals surface area contributed by atoms with Crippen molar-refractivity contribution in [2.45, 2.75) is 31.7 Å². The molecule has 2 N–H and O–H groups in total. The Bertz CT molecular complexity index is 1160. The van der Waals surface area contributed by atoms with Crippen LogP contribution in [0.2, 0.25) is 0 Å². The maximum absolute atomic E-state index is 11.9. The first-order valence-electron chi connectivity index (χ1n) is 9.86. The van der Waals surface area contributed by atoms with Crippen molar-refractivity contribution in [3.05, 3.63) is 35.7 Å². The molecule has 0 unspecified atom stereocenters. The van der Waals surface area contributed by atoms with Gasteiger partial charge in [0.1, 0.15) is 11.5 Å². The van der Waals surface area contributed by atoms with E-state index >= 15 is 0 Å². The van der Waals surface area contributed by atoms with E-state index in [2.05, 4.69) is 26.8 Å². The van der Waals surface area contributed by atoms with Crippen LogP contribution in [0.15, 0.2) is 24.3 Å². The number of hydrogen-bond donors (Lipinski definition) is 2. The largest absolute Gasteiger partial charge is 0.390 e. The van der Waals surface area contributed by atoms with Crippen molar-refractivity contribution in [1.29, 1.82) is 0 Å². The van der Waals surface area contributed by atoms with E-state index in [1.807, 2.05) is 6.07 Å². The van der Waals surface area contributed by atoms with Crippen molar-refractivity contribution in [1.82, 2.24) is 19.9 Å². The van der Waals surface area contributed by atoms with E-state index in [0.717, 1.165) is 11.9 Å². The number of morpholine rings is 1. The van der Waals surface area contributed by atoms with E-state index in [1.165, 1.54) is 6.26 Å². The number of aromatic nitrogens is 4. The molecule has 9 nitrogen and oxygen atoms in total. The van der Waals surface area contributed by atoms with E-state index in [0.29, 0.717) is 54.0 Å². The number of fused-ring (bicyclic) bond motifs is 1. The molecule has 10 heteroatoms. The highest BCUT2D eigenvalue weighted by molar-refractivity contribution is 7.89. The molecular formula is C20H25N5O4S. The third-order valence-corrected chi connectivity index (χ3v) is 5.92. The first-order valence-corrected chi connectivity index (χ1v) is 11.9. The maximum Gasteiger partial charge on any atom is 0.180 e. The molecule has 4 heterocycles. The summed E-state index contributed by atoms with van der Waals surface area (Å²) in [5.74, 6) is 0.888. The summed E-state index contributed by atoms with van der Waals surface area (Å²) in [6.45, 7) is 3.86. The molecule has 4 rings (SSSR count). The van der Waals surface area contributed by atoms with Crippen LogP contribution in [0.25, 0.3) is 22.6 Å². The Morgan fingerprint density at radius 1 is 1.27 bits per heavy atom. The number of nitrogens with zero attached hydrogens (tertiary/aromatic N) is 4. The van der Waals surface area contributed by atoms with Crippen LogP contribution in [0.1, 0.15) is 24.7 Å². The molecule has 0 aliphatic carbocycles. The Balaban J connectivity index is 1.80. The number of hydrogen-bond acceptors (Lipinski definition) is 8. The zero-order valence-corrected chi connectivity index (χ0v) is 17.8. The molecule has 1 aliphatic rings. The normalized spacial score (nSPS) is 17.6. The predicted molar refractivity (Wildman–Crippen MR) is 114 cm³/mol. The third-order valence-electron chi connectivity index (χ3n) is 5.10. The summed E-state index contributed by atoms with van der Waals surface area (Å²) in [5, 5.41) is 9.34. The standard InChI is InChI=1S/C20H25N5O4S/c1-3-15-11-29-7-6-25(15)19-9-14(12-30(2,27)28)22-20(24-19)17-5-4-16-18(23-17)8-13(10-26)21-16/h4-5,8-9,15,21,26H,3,6-7,10-12H2,1-2H3/t15-/m0/s1. The van der Waals surface area contributed by atoms with Gasteiger partial charge in [0, 0.05) is 24.6 Å². The van der Waals surface area contributed by atoms with Gasteiger partial charge in [0.2, 0.25) is 0 Å². The summed E-state index contributed by atoms with van der Waals surface area (Å²) in [7, 11) is -3.26. The zero-order chi connectivity index (χ0) is 21.3. The highest BCUT2D eigenvalue weighted by Crippen LogP contribution is 2.25. The molecule has 0 amide bonds. The molecule has 3 aromatic rings. The maximum atomic E-state index is 11.9. The fourth-order valence-electron chi connectivity index (χ4n) is 3.66. The van der Waals surface area contributed by atoms with Crippen molar-refractivity contribution in [2.75, 3.05) is 30.9 Å². The van der Waals surface area contributed by atoms with Crippen molar-refractivity contribution < 1.29 is 18.3 Å². The molecule has 3 aromatic heterocycles. The van der Waals surface area contributed by atoms with Crippen LogP contribution in [-0.2, 0) is 26.9 Å². The number of H-pyrrole nitrogens is 1. The van der Waals surface area contributed by atoms with E-state index in [9.17, 15) is 13.5 Å². The minimum absolute atomic E-state index is 0.106. The van der Waals surface area contributed by atoms with Gasteiger partial charge in [-0.15, -0.1) is 0 Å². The first-order chi connectivity index (χ1) is 14.4. The van der Waals surface area contributed by atoms with Crippen LogP contribution in [0, 0.1) is 0 Å². The number of rotatable bonds is 6. The van der Waals surface area contributed by atoms with Crippen molar-refractivity contribution >= 4 is 26.7 Å². The molecular weight excluding hydrogens is 406 g/mol. The average molecular weight is 432 g/mol. The lowest BCUT2D eigenvalue weighted by atomic mass is 10.1. The lowest BCUT2D eigenvalue weighted by Crippen LogP contribution is -2.45. The quantitative estimate of drug-likeness (QED) is 0.605. The van der Waals surface area contributed by atoms with Gasteiger partial charge >= 0.3 is 0 Å². The van der Waals surface area contributed by atoms with Gasteiger partial charge in [-0.2, -0.15) is 0 Å². The van der Waals surface area contributed by atoms with Gasteiger partial charge in [-0.1, -0.05) is 6.92 Å². The molecule has 0 spiro atoms. The monoisotopic (exact) mass is 431 g/mol. The van der Waals surface area contributed by atoms with Crippen LogP contribution in [0.3, 0.4) is 0 Å². The second-order valence-electron chi connectivity index (χ2n) is 7.52. The predicted octanol–water partition coefficient (Wildman–Crippen LogP) is 1.67. The molecule has 0 radical (unpaired) electrons. The smallest absolute Gasteiger partial charge is 0.180 e. The highest BCUT2D eigenvalue weighted by Gasteiger charge is 2.24. The van der Waals surface area contributed by atoms with E-state index < -0.39 is 9.84 Å². The Morgan fingerprint density at radius 3 is 2.83 bits per heavy atom. The van der Waals surface area contributed by atoms with Crippen LogP contribution >= 0.6 is 0 Å². The summed E-state index contributed by atoms with van der Waals surface area (Å²) in [5.41, 5.74) is 3.14. The topological polar surface area (TPSA) is 121 Å². The van der Waals surface area contributed by atoms with Gasteiger partial charge in [0.05, 0.1) is 48.3 Å². The summed E-state index contributed by atoms with van der Waals surface area (Å²) >= 11 is 0. The molecule has 1 aliphatic heterocycles. The lowest BCUT2D eigenvalue weighted by molar-refractivity contribution is 0.0925. The van der Waals surface area contributed by atoms with Crippen molar-refractivity contribution in [3.63, 3.8) is 0 Å². The fourth-order valence-corrected chi connectivity index (χ4v) is 4.34. The van der Waals surface area contributed by atoms with E-state index in [-0.39, 0.29) is 18.4 Å². The first kappa shape index (κ1) is 20.7.